The zero-order valence-corrected chi connectivity index (χ0v) is 15.5. The molecule has 5 nitrogen and oxygen atoms in total. The van der Waals surface area contributed by atoms with E-state index in [0.29, 0.717) is 26.2 Å². The first kappa shape index (κ1) is 17.8. The van der Waals surface area contributed by atoms with Gasteiger partial charge in [0.25, 0.3) is 0 Å². The average Bonchev–Trinajstić information content (AvgIpc) is 2.78. The number of benzene rings is 1. The van der Waals surface area contributed by atoms with Crippen molar-refractivity contribution in [2.75, 3.05) is 33.3 Å². The van der Waals surface area contributed by atoms with Crippen molar-refractivity contribution < 1.29 is 14.3 Å². The quantitative estimate of drug-likeness (QED) is 0.829. The predicted octanol–water partition coefficient (Wildman–Crippen LogP) is 3.03. The van der Waals surface area contributed by atoms with Gasteiger partial charge in [-0.3, -0.25) is 4.79 Å². The summed E-state index contributed by atoms with van der Waals surface area (Å²) in [7, 11) is 1.40. The fourth-order valence-electron chi connectivity index (χ4n) is 4.14. The molecule has 2 aliphatic rings. The van der Waals surface area contributed by atoms with Gasteiger partial charge in [-0.15, -0.1) is 0 Å². The van der Waals surface area contributed by atoms with Crippen LogP contribution >= 0.6 is 0 Å². The summed E-state index contributed by atoms with van der Waals surface area (Å²) in [6.45, 7) is 6.66. The smallest absolute Gasteiger partial charge is 0.409 e. The fraction of sp³-hybridized carbons (Fsp3) is 0.600. The lowest BCUT2D eigenvalue weighted by Gasteiger charge is -2.44. The molecule has 2 fully saturated rings. The van der Waals surface area contributed by atoms with Crippen LogP contribution in [-0.4, -0.2) is 55.1 Å². The minimum absolute atomic E-state index is 0.232. The Morgan fingerprint density at radius 3 is 2.08 bits per heavy atom. The summed E-state index contributed by atoms with van der Waals surface area (Å²) in [6, 6.07) is 6.49. The van der Waals surface area contributed by atoms with Crippen LogP contribution in [0.5, 0.6) is 0 Å². The van der Waals surface area contributed by atoms with E-state index >= 15 is 0 Å². The van der Waals surface area contributed by atoms with Crippen LogP contribution < -0.4 is 0 Å². The van der Waals surface area contributed by atoms with Gasteiger partial charge in [0, 0.05) is 26.2 Å². The molecule has 1 aromatic rings. The molecule has 3 rings (SSSR count). The van der Waals surface area contributed by atoms with Crippen LogP contribution in [0.2, 0.25) is 0 Å². The van der Waals surface area contributed by atoms with E-state index in [2.05, 4.69) is 32.0 Å². The van der Waals surface area contributed by atoms with Crippen molar-refractivity contribution in [2.45, 2.75) is 44.9 Å². The molecular formula is C20H28N2O3. The Bertz CT molecular complexity index is 647. The molecule has 0 aromatic heterocycles. The van der Waals surface area contributed by atoms with Crippen LogP contribution in [0.4, 0.5) is 4.79 Å². The molecule has 136 valence electrons. The molecule has 25 heavy (non-hydrogen) atoms. The zero-order chi connectivity index (χ0) is 18.0. The van der Waals surface area contributed by atoms with Gasteiger partial charge < -0.3 is 14.5 Å². The number of carbonyl (C=O) groups excluding carboxylic acids is 2. The second-order valence-corrected chi connectivity index (χ2v) is 7.41. The highest BCUT2D eigenvalue weighted by Gasteiger charge is 2.47. The van der Waals surface area contributed by atoms with Gasteiger partial charge in [0.15, 0.2) is 0 Å². The Labute approximate surface area is 149 Å². The van der Waals surface area contributed by atoms with Crippen molar-refractivity contribution in [1.29, 1.82) is 0 Å². The molecule has 0 atom stereocenters. The maximum absolute atomic E-state index is 13.4. The highest BCUT2D eigenvalue weighted by atomic mass is 16.5. The Balaban J connectivity index is 1.79. The zero-order valence-electron chi connectivity index (χ0n) is 15.5. The second-order valence-electron chi connectivity index (χ2n) is 7.41. The van der Waals surface area contributed by atoms with Crippen LogP contribution in [0, 0.1) is 13.8 Å². The van der Waals surface area contributed by atoms with Gasteiger partial charge in [-0.1, -0.05) is 35.7 Å². The molecule has 2 amide bonds. The molecule has 1 saturated heterocycles. The average molecular weight is 344 g/mol. The van der Waals surface area contributed by atoms with Gasteiger partial charge in [0.1, 0.15) is 0 Å². The SMILES string of the molecule is COC(=O)N1CCCN(C(=O)C2(c3cc(C)cc(C)c3)CCC2)CC1. The molecule has 0 unspecified atom stereocenters. The lowest BCUT2D eigenvalue weighted by atomic mass is 9.63. The molecule has 0 radical (unpaired) electrons. The first-order valence-electron chi connectivity index (χ1n) is 9.17. The third kappa shape index (κ3) is 3.37. The van der Waals surface area contributed by atoms with Gasteiger partial charge in [0.05, 0.1) is 12.5 Å². The number of rotatable bonds is 2. The number of aryl methyl sites for hydroxylation is 2. The van der Waals surface area contributed by atoms with Gasteiger partial charge in [-0.25, -0.2) is 4.79 Å². The van der Waals surface area contributed by atoms with Gasteiger partial charge >= 0.3 is 6.09 Å². The monoisotopic (exact) mass is 344 g/mol. The summed E-state index contributed by atoms with van der Waals surface area (Å²) in [4.78, 5) is 28.8. The van der Waals surface area contributed by atoms with Crippen LogP contribution in [0.25, 0.3) is 0 Å². The number of amides is 2. The summed E-state index contributed by atoms with van der Waals surface area (Å²) >= 11 is 0. The Kier molecular flexibility index (Phi) is 5.02. The lowest BCUT2D eigenvalue weighted by molar-refractivity contribution is -0.140. The van der Waals surface area contributed by atoms with Gasteiger partial charge in [0.2, 0.25) is 5.91 Å². The van der Waals surface area contributed by atoms with E-state index in [1.807, 2.05) is 4.90 Å². The van der Waals surface area contributed by atoms with E-state index in [9.17, 15) is 9.59 Å². The van der Waals surface area contributed by atoms with E-state index in [4.69, 9.17) is 4.74 Å². The molecule has 1 heterocycles. The number of nitrogens with zero attached hydrogens (tertiary/aromatic N) is 2. The highest BCUT2D eigenvalue weighted by Crippen LogP contribution is 2.45. The topological polar surface area (TPSA) is 49.9 Å². The third-order valence-corrected chi connectivity index (χ3v) is 5.61. The summed E-state index contributed by atoms with van der Waals surface area (Å²) in [5.41, 5.74) is 3.22. The molecular weight excluding hydrogens is 316 g/mol. The van der Waals surface area contributed by atoms with Crippen molar-refractivity contribution in [1.82, 2.24) is 9.80 Å². The molecule has 0 N–H and O–H groups in total. The fourth-order valence-corrected chi connectivity index (χ4v) is 4.14. The van der Waals surface area contributed by atoms with Crippen LogP contribution in [0.1, 0.15) is 42.4 Å². The Morgan fingerprint density at radius 2 is 1.52 bits per heavy atom. The first-order valence-corrected chi connectivity index (χ1v) is 9.17. The Hall–Kier alpha value is -2.04. The normalized spacial score (nSPS) is 19.8. The summed E-state index contributed by atoms with van der Waals surface area (Å²) in [5, 5.41) is 0. The van der Waals surface area contributed by atoms with E-state index in [1.165, 1.54) is 18.2 Å². The largest absolute Gasteiger partial charge is 0.453 e. The van der Waals surface area contributed by atoms with E-state index in [0.717, 1.165) is 31.2 Å². The molecule has 1 saturated carbocycles. The third-order valence-electron chi connectivity index (χ3n) is 5.61. The second kappa shape index (κ2) is 7.06. The van der Waals surface area contributed by atoms with E-state index < -0.39 is 0 Å². The lowest BCUT2D eigenvalue weighted by Crippen LogP contribution is -2.52. The van der Waals surface area contributed by atoms with E-state index in [-0.39, 0.29) is 17.4 Å². The minimum atomic E-state index is -0.364. The van der Waals surface area contributed by atoms with Gasteiger partial charge in [-0.05, 0) is 38.7 Å². The summed E-state index contributed by atoms with van der Waals surface area (Å²) in [5.74, 6) is 0.232. The number of hydrogen-bond acceptors (Lipinski definition) is 3. The van der Waals surface area contributed by atoms with Crippen LogP contribution in [-0.2, 0) is 14.9 Å². The van der Waals surface area contributed by atoms with Crippen LogP contribution in [0.15, 0.2) is 18.2 Å². The molecule has 1 aliphatic heterocycles. The van der Waals surface area contributed by atoms with Gasteiger partial charge in [-0.2, -0.15) is 0 Å². The number of ether oxygens (including phenoxy) is 1. The first-order chi connectivity index (χ1) is 12.0. The molecule has 0 spiro atoms. The Morgan fingerprint density at radius 1 is 0.920 bits per heavy atom. The van der Waals surface area contributed by atoms with E-state index in [1.54, 1.807) is 4.90 Å². The molecule has 1 aliphatic carbocycles. The number of methoxy groups -OCH3 is 1. The maximum Gasteiger partial charge on any atom is 0.409 e. The highest BCUT2D eigenvalue weighted by molar-refractivity contribution is 5.89. The summed E-state index contributed by atoms with van der Waals surface area (Å²) < 4.78 is 4.82. The number of carbonyl (C=O) groups is 2. The number of hydrogen-bond donors (Lipinski definition) is 0. The standard InChI is InChI=1S/C20H28N2O3/c1-15-12-16(2)14-17(13-15)20(6-4-7-20)18(23)21-8-5-9-22(11-10-21)19(24)25-3/h12-14H,4-11H2,1-3H3. The molecule has 5 heteroatoms. The van der Waals surface area contributed by atoms with Crippen molar-refractivity contribution >= 4 is 12.0 Å². The molecule has 1 aromatic carbocycles. The van der Waals surface area contributed by atoms with Crippen LogP contribution in [0.3, 0.4) is 0 Å². The predicted molar refractivity (Wildman–Crippen MR) is 96.6 cm³/mol. The molecule has 0 bridgehead atoms. The van der Waals surface area contributed by atoms with Crippen molar-refractivity contribution in [3.05, 3.63) is 34.9 Å². The summed E-state index contributed by atoms with van der Waals surface area (Å²) in [6.07, 6.45) is 3.43. The minimum Gasteiger partial charge on any atom is -0.453 e. The maximum atomic E-state index is 13.4. The van der Waals surface area contributed by atoms with Crippen molar-refractivity contribution in [3.8, 4) is 0 Å². The van der Waals surface area contributed by atoms with Crippen molar-refractivity contribution in [3.63, 3.8) is 0 Å². The van der Waals surface area contributed by atoms with Crippen molar-refractivity contribution in [2.24, 2.45) is 0 Å².